The van der Waals surface area contributed by atoms with Gasteiger partial charge in [-0.1, -0.05) is 6.07 Å². The number of carbonyl (C=O) groups excluding carboxylic acids is 1. The summed E-state index contributed by atoms with van der Waals surface area (Å²) in [6, 6.07) is 9.60. The highest BCUT2D eigenvalue weighted by atomic mass is 16.3. The molecular formula is C20H26N4O2. The number of aryl methyl sites for hydroxylation is 1. The van der Waals surface area contributed by atoms with Gasteiger partial charge in [0.25, 0.3) is 5.91 Å². The van der Waals surface area contributed by atoms with E-state index in [1.165, 1.54) is 0 Å². The molecule has 0 saturated carbocycles. The van der Waals surface area contributed by atoms with E-state index in [4.69, 9.17) is 0 Å². The van der Waals surface area contributed by atoms with Crippen LogP contribution in [0.2, 0.25) is 0 Å². The topological polar surface area (TPSA) is 78.4 Å². The second-order valence-electron chi connectivity index (χ2n) is 6.70. The number of nitrogens with one attached hydrogen (secondary N) is 1. The first-order valence-electron chi connectivity index (χ1n) is 9.26. The Morgan fingerprint density at radius 1 is 1.19 bits per heavy atom. The standard InChI is InChI=1S/C20H26N4O2/c25-15-16-8-12-24(13-9-16)19-7-6-17(14-23-19)20(26)22-11-3-5-18-4-1-2-10-21-18/h1-2,4,6-7,10,14,16,25H,3,5,8-9,11-13,15H2,(H,22,26). The van der Waals surface area contributed by atoms with Gasteiger partial charge in [-0.05, 0) is 55.9 Å². The molecule has 0 radical (unpaired) electrons. The molecule has 1 fully saturated rings. The Morgan fingerprint density at radius 2 is 2.04 bits per heavy atom. The van der Waals surface area contributed by atoms with Gasteiger partial charge in [-0.25, -0.2) is 4.98 Å². The van der Waals surface area contributed by atoms with E-state index in [2.05, 4.69) is 20.2 Å². The van der Waals surface area contributed by atoms with Crippen LogP contribution in [0.25, 0.3) is 0 Å². The third-order valence-corrected chi connectivity index (χ3v) is 4.83. The predicted octanol–water partition coefficient (Wildman–Crippen LogP) is 2.05. The maximum absolute atomic E-state index is 12.2. The van der Waals surface area contributed by atoms with Crippen LogP contribution < -0.4 is 10.2 Å². The third kappa shape index (κ3) is 5.02. The van der Waals surface area contributed by atoms with Crippen molar-refractivity contribution in [2.45, 2.75) is 25.7 Å². The molecule has 3 rings (SSSR count). The third-order valence-electron chi connectivity index (χ3n) is 4.83. The Kier molecular flexibility index (Phi) is 6.55. The highest BCUT2D eigenvalue weighted by Gasteiger charge is 2.19. The lowest BCUT2D eigenvalue weighted by atomic mass is 9.98. The number of aromatic nitrogens is 2. The van der Waals surface area contributed by atoms with Crippen molar-refractivity contribution in [3.05, 3.63) is 54.0 Å². The summed E-state index contributed by atoms with van der Waals surface area (Å²) in [6.45, 7) is 2.68. The van der Waals surface area contributed by atoms with Crippen LogP contribution in [0.3, 0.4) is 0 Å². The van der Waals surface area contributed by atoms with Crippen LogP contribution in [0, 0.1) is 5.92 Å². The minimum Gasteiger partial charge on any atom is -0.396 e. The summed E-state index contributed by atoms with van der Waals surface area (Å²) >= 11 is 0. The summed E-state index contributed by atoms with van der Waals surface area (Å²) < 4.78 is 0. The second kappa shape index (κ2) is 9.29. The molecule has 0 aliphatic carbocycles. The maximum atomic E-state index is 12.2. The van der Waals surface area contributed by atoms with Crippen LogP contribution >= 0.6 is 0 Å². The number of anilines is 1. The van der Waals surface area contributed by atoms with Gasteiger partial charge in [0.1, 0.15) is 5.82 Å². The maximum Gasteiger partial charge on any atom is 0.252 e. The highest BCUT2D eigenvalue weighted by Crippen LogP contribution is 2.21. The molecule has 0 aromatic carbocycles. The minimum absolute atomic E-state index is 0.0935. The van der Waals surface area contributed by atoms with Crippen LogP contribution in [0.1, 0.15) is 35.3 Å². The van der Waals surface area contributed by atoms with Gasteiger partial charge in [-0.2, -0.15) is 0 Å². The van der Waals surface area contributed by atoms with Gasteiger partial charge < -0.3 is 15.3 Å². The summed E-state index contributed by atoms with van der Waals surface area (Å²) in [7, 11) is 0. The summed E-state index contributed by atoms with van der Waals surface area (Å²) in [5.74, 6) is 1.21. The molecule has 2 aromatic rings. The van der Waals surface area contributed by atoms with Gasteiger partial charge in [-0.3, -0.25) is 9.78 Å². The first kappa shape index (κ1) is 18.3. The van der Waals surface area contributed by atoms with E-state index in [1.807, 2.05) is 30.3 Å². The first-order chi connectivity index (χ1) is 12.8. The Labute approximate surface area is 154 Å². The van der Waals surface area contributed by atoms with Gasteiger partial charge in [0.15, 0.2) is 0 Å². The summed E-state index contributed by atoms with van der Waals surface area (Å²) in [4.78, 5) is 23.1. The number of carbonyl (C=O) groups is 1. The van der Waals surface area contributed by atoms with Gasteiger partial charge in [0.2, 0.25) is 0 Å². The monoisotopic (exact) mass is 354 g/mol. The number of piperidine rings is 1. The molecule has 1 amide bonds. The van der Waals surface area contributed by atoms with Crippen molar-refractivity contribution in [2.24, 2.45) is 5.92 Å². The van der Waals surface area contributed by atoms with Crippen molar-refractivity contribution in [1.29, 1.82) is 0 Å². The molecule has 138 valence electrons. The molecule has 0 atom stereocenters. The SMILES string of the molecule is O=C(NCCCc1ccccn1)c1ccc(N2CCC(CO)CC2)nc1. The minimum atomic E-state index is -0.0935. The number of aliphatic hydroxyl groups is 1. The number of nitrogens with zero attached hydrogens (tertiary/aromatic N) is 3. The Bertz CT molecular complexity index is 683. The van der Waals surface area contributed by atoms with E-state index in [1.54, 1.807) is 12.4 Å². The summed E-state index contributed by atoms with van der Waals surface area (Å²) in [5.41, 5.74) is 1.62. The zero-order valence-corrected chi connectivity index (χ0v) is 15.0. The molecule has 6 heteroatoms. The van der Waals surface area contributed by atoms with Gasteiger partial charge in [0.05, 0.1) is 5.56 Å². The normalized spacial score (nSPS) is 15.0. The van der Waals surface area contributed by atoms with Gasteiger partial charge in [-0.15, -0.1) is 0 Å². The lowest BCUT2D eigenvalue weighted by molar-refractivity contribution is 0.0953. The quantitative estimate of drug-likeness (QED) is 0.744. The molecule has 2 N–H and O–H groups in total. The van der Waals surface area contributed by atoms with E-state index < -0.39 is 0 Å². The Balaban J connectivity index is 1.43. The van der Waals surface area contributed by atoms with Crippen LogP contribution in [0.4, 0.5) is 5.82 Å². The largest absolute Gasteiger partial charge is 0.396 e. The van der Waals surface area contributed by atoms with Crippen molar-refractivity contribution in [3.63, 3.8) is 0 Å². The Hall–Kier alpha value is -2.47. The molecular weight excluding hydrogens is 328 g/mol. The molecule has 0 bridgehead atoms. The number of aliphatic hydroxyl groups excluding tert-OH is 1. The van der Waals surface area contributed by atoms with Gasteiger partial charge >= 0.3 is 0 Å². The molecule has 0 unspecified atom stereocenters. The fourth-order valence-electron chi connectivity index (χ4n) is 3.17. The lowest BCUT2D eigenvalue weighted by Gasteiger charge is -2.31. The molecule has 3 heterocycles. The number of pyridine rings is 2. The van der Waals surface area contributed by atoms with E-state index in [0.29, 0.717) is 18.0 Å². The van der Waals surface area contributed by atoms with E-state index >= 15 is 0 Å². The predicted molar refractivity (Wildman–Crippen MR) is 101 cm³/mol. The number of amides is 1. The van der Waals surface area contributed by atoms with Gasteiger partial charge in [0, 0.05) is 44.3 Å². The molecule has 1 saturated heterocycles. The molecule has 26 heavy (non-hydrogen) atoms. The van der Waals surface area contributed by atoms with E-state index in [9.17, 15) is 9.90 Å². The first-order valence-corrected chi connectivity index (χ1v) is 9.26. The zero-order chi connectivity index (χ0) is 18.2. The summed E-state index contributed by atoms with van der Waals surface area (Å²) in [6.07, 6.45) is 7.10. The second-order valence-corrected chi connectivity index (χ2v) is 6.70. The summed E-state index contributed by atoms with van der Waals surface area (Å²) in [5, 5.41) is 12.2. The lowest BCUT2D eigenvalue weighted by Crippen LogP contribution is -2.35. The average molecular weight is 354 g/mol. The number of hydrogen-bond acceptors (Lipinski definition) is 5. The van der Waals surface area contributed by atoms with Crippen LogP contribution in [-0.2, 0) is 6.42 Å². The van der Waals surface area contributed by atoms with Crippen molar-refractivity contribution < 1.29 is 9.90 Å². The number of hydrogen-bond donors (Lipinski definition) is 2. The van der Waals surface area contributed by atoms with Crippen molar-refractivity contribution >= 4 is 11.7 Å². The molecule has 2 aromatic heterocycles. The van der Waals surface area contributed by atoms with E-state index in [0.717, 1.165) is 50.3 Å². The van der Waals surface area contributed by atoms with Crippen LogP contribution in [0.5, 0.6) is 0 Å². The Morgan fingerprint density at radius 3 is 2.69 bits per heavy atom. The average Bonchev–Trinajstić information content (AvgIpc) is 2.72. The fraction of sp³-hybridized carbons (Fsp3) is 0.450. The van der Waals surface area contributed by atoms with Crippen LogP contribution in [0.15, 0.2) is 42.7 Å². The van der Waals surface area contributed by atoms with E-state index in [-0.39, 0.29) is 12.5 Å². The van der Waals surface area contributed by atoms with Crippen molar-refractivity contribution in [3.8, 4) is 0 Å². The zero-order valence-electron chi connectivity index (χ0n) is 15.0. The smallest absolute Gasteiger partial charge is 0.252 e. The molecule has 1 aliphatic rings. The fourth-order valence-corrected chi connectivity index (χ4v) is 3.17. The number of rotatable bonds is 7. The van der Waals surface area contributed by atoms with Crippen molar-refractivity contribution in [1.82, 2.24) is 15.3 Å². The molecule has 6 nitrogen and oxygen atoms in total. The molecule has 1 aliphatic heterocycles. The highest BCUT2D eigenvalue weighted by molar-refractivity contribution is 5.94. The van der Waals surface area contributed by atoms with Crippen molar-refractivity contribution in [2.75, 3.05) is 31.1 Å². The molecule has 0 spiro atoms. The van der Waals surface area contributed by atoms with Crippen LogP contribution in [-0.4, -0.2) is 47.2 Å².